The minimum absolute atomic E-state index is 0.188. The van der Waals surface area contributed by atoms with Crippen molar-refractivity contribution in [1.29, 1.82) is 0 Å². The summed E-state index contributed by atoms with van der Waals surface area (Å²) < 4.78 is 5.73. The Labute approximate surface area is 126 Å². The van der Waals surface area contributed by atoms with Crippen molar-refractivity contribution in [2.75, 3.05) is 12.8 Å². The molecule has 0 saturated heterocycles. The van der Waals surface area contributed by atoms with E-state index < -0.39 is 0 Å². The molecule has 1 fully saturated rings. The van der Waals surface area contributed by atoms with E-state index in [1.165, 1.54) is 31.2 Å². The first-order chi connectivity index (χ1) is 9.69. The maximum Gasteiger partial charge on any atom is 0.138 e. The van der Waals surface area contributed by atoms with Crippen LogP contribution in [0.3, 0.4) is 0 Å². The standard InChI is InChI=1S/C16H26N2OS/c1-12(2)19-14-8-13(9-18-10-14)16(17-3)11-20-15-6-4-5-7-15/h8-10,12,15-17H,4-7,11H2,1-3H3. The van der Waals surface area contributed by atoms with Gasteiger partial charge >= 0.3 is 0 Å². The number of thioether (sulfide) groups is 1. The molecule has 112 valence electrons. The van der Waals surface area contributed by atoms with Gasteiger partial charge in [-0.25, -0.2) is 0 Å². The van der Waals surface area contributed by atoms with Crippen LogP contribution in [0.25, 0.3) is 0 Å². The minimum atomic E-state index is 0.188. The number of ether oxygens (including phenoxy) is 1. The van der Waals surface area contributed by atoms with Gasteiger partial charge in [-0.05, 0) is 45.4 Å². The highest BCUT2D eigenvalue weighted by Gasteiger charge is 2.18. The van der Waals surface area contributed by atoms with Crippen molar-refractivity contribution < 1.29 is 4.74 Å². The van der Waals surface area contributed by atoms with Gasteiger partial charge < -0.3 is 10.1 Å². The molecule has 20 heavy (non-hydrogen) atoms. The van der Waals surface area contributed by atoms with E-state index in [9.17, 15) is 0 Å². The lowest BCUT2D eigenvalue weighted by atomic mass is 10.1. The maximum absolute atomic E-state index is 5.73. The van der Waals surface area contributed by atoms with Gasteiger partial charge in [-0.15, -0.1) is 0 Å². The number of pyridine rings is 1. The average Bonchev–Trinajstić information content (AvgIpc) is 2.92. The molecule has 1 aromatic heterocycles. The van der Waals surface area contributed by atoms with Crippen LogP contribution in [-0.2, 0) is 0 Å². The second-order valence-corrected chi connectivity index (χ2v) is 7.03. The molecule has 3 nitrogen and oxygen atoms in total. The predicted octanol–water partition coefficient (Wildman–Crippen LogP) is 3.81. The molecule has 0 bridgehead atoms. The monoisotopic (exact) mass is 294 g/mol. The SMILES string of the molecule is CNC(CSC1CCCC1)c1cncc(OC(C)C)c1. The number of nitrogens with one attached hydrogen (secondary N) is 1. The summed E-state index contributed by atoms with van der Waals surface area (Å²) >= 11 is 2.10. The van der Waals surface area contributed by atoms with Gasteiger partial charge in [0.25, 0.3) is 0 Å². The number of hydrogen-bond acceptors (Lipinski definition) is 4. The molecule has 0 aromatic carbocycles. The van der Waals surface area contributed by atoms with Crippen LogP contribution < -0.4 is 10.1 Å². The number of rotatable bonds is 7. The van der Waals surface area contributed by atoms with E-state index in [0.717, 1.165) is 16.8 Å². The summed E-state index contributed by atoms with van der Waals surface area (Å²) in [6.45, 7) is 4.08. The molecule has 1 atom stereocenters. The summed E-state index contributed by atoms with van der Waals surface area (Å²) in [7, 11) is 2.02. The Kier molecular flexibility index (Phi) is 6.17. The largest absolute Gasteiger partial charge is 0.489 e. The molecule has 1 saturated carbocycles. The second-order valence-electron chi connectivity index (χ2n) is 5.70. The van der Waals surface area contributed by atoms with Gasteiger partial charge in [0.15, 0.2) is 0 Å². The minimum Gasteiger partial charge on any atom is -0.489 e. The lowest BCUT2D eigenvalue weighted by Crippen LogP contribution is -2.20. The Bertz CT molecular complexity index is 405. The van der Waals surface area contributed by atoms with Gasteiger partial charge in [0.05, 0.1) is 12.3 Å². The normalized spacial score (nSPS) is 17.6. The number of nitrogens with zero attached hydrogens (tertiary/aromatic N) is 1. The van der Waals surface area contributed by atoms with E-state index in [4.69, 9.17) is 4.74 Å². The van der Waals surface area contributed by atoms with Crippen molar-refractivity contribution in [2.45, 2.75) is 56.9 Å². The molecule has 1 unspecified atom stereocenters. The molecule has 0 radical (unpaired) electrons. The molecular weight excluding hydrogens is 268 g/mol. The summed E-state index contributed by atoms with van der Waals surface area (Å²) in [5.41, 5.74) is 1.22. The third-order valence-corrected chi connectivity index (χ3v) is 5.13. The fourth-order valence-corrected chi connectivity index (χ4v) is 4.09. The lowest BCUT2D eigenvalue weighted by Gasteiger charge is -2.19. The lowest BCUT2D eigenvalue weighted by molar-refractivity contribution is 0.241. The summed E-state index contributed by atoms with van der Waals surface area (Å²) in [6, 6.07) is 2.47. The molecule has 1 aliphatic rings. The fourth-order valence-electron chi connectivity index (χ4n) is 2.60. The van der Waals surface area contributed by atoms with Crippen molar-refractivity contribution >= 4 is 11.8 Å². The molecule has 1 N–H and O–H groups in total. The van der Waals surface area contributed by atoms with Crippen LogP contribution in [0, 0.1) is 0 Å². The summed E-state index contributed by atoms with van der Waals surface area (Å²) in [5, 5.41) is 4.26. The molecule has 0 aliphatic heterocycles. The molecule has 0 amide bonds. The molecule has 1 aromatic rings. The van der Waals surface area contributed by atoms with E-state index in [1.807, 2.05) is 27.1 Å². The molecule has 1 heterocycles. The first kappa shape index (κ1) is 15.6. The van der Waals surface area contributed by atoms with Crippen LogP contribution in [0.4, 0.5) is 0 Å². The smallest absolute Gasteiger partial charge is 0.138 e. The Morgan fingerprint density at radius 1 is 1.35 bits per heavy atom. The Hall–Kier alpha value is -0.740. The maximum atomic E-state index is 5.73. The van der Waals surface area contributed by atoms with Gasteiger partial charge in [0.2, 0.25) is 0 Å². The Balaban J connectivity index is 1.95. The Morgan fingerprint density at radius 3 is 2.75 bits per heavy atom. The molecule has 2 rings (SSSR count). The number of hydrogen-bond donors (Lipinski definition) is 1. The van der Waals surface area contributed by atoms with Crippen LogP contribution in [0.5, 0.6) is 5.75 Å². The topological polar surface area (TPSA) is 34.2 Å². The fraction of sp³-hybridized carbons (Fsp3) is 0.688. The van der Waals surface area contributed by atoms with Crippen molar-refractivity contribution in [3.8, 4) is 5.75 Å². The van der Waals surface area contributed by atoms with Gasteiger partial charge in [-0.1, -0.05) is 12.8 Å². The molecular formula is C16H26N2OS. The van der Waals surface area contributed by atoms with Gasteiger partial charge in [0.1, 0.15) is 5.75 Å². The third-order valence-electron chi connectivity index (χ3n) is 3.66. The zero-order valence-electron chi connectivity index (χ0n) is 12.8. The van der Waals surface area contributed by atoms with Crippen molar-refractivity contribution in [3.05, 3.63) is 24.0 Å². The van der Waals surface area contributed by atoms with Crippen LogP contribution in [0.15, 0.2) is 18.5 Å². The third kappa shape index (κ3) is 4.67. The van der Waals surface area contributed by atoms with Crippen molar-refractivity contribution in [3.63, 3.8) is 0 Å². The highest BCUT2D eigenvalue weighted by Crippen LogP contribution is 2.32. The van der Waals surface area contributed by atoms with Gasteiger partial charge in [-0.2, -0.15) is 11.8 Å². The highest BCUT2D eigenvalue weighted by molar-refractivity contribution is 7.99. The van der Waals surface area contributed by atoms with Crippen molar-refractivity contribution in [1.82, 2.24) is 10.3 Å². The van der Waals surface area contributed by atoms with Crippen molar-refractivity contribution in [2.24, 2.45) is 0 Å². The highest BCUT2D eigenvalue weighted by atomic mass is 32.2. The quantitative estimate of drug-likeness (QED) is 0.829. The van der Waals surface area contributed by atoms with Crippen LogP contribution in [0.1, 0.15) is 51.1 Å². The van der Waals surface area contributed by atoms with Crippen LogP contribution in [0.2, 0.25) is 0 Å². The summed E-state index contributed by atoms with van der Waals surface area (Å²) in [4.78, 5) is 4.31. The molecule has 4 heteroatoms. The number of aromatic nitrogens is 1. The van der Waals surface area contributed by atoms with E-state index in [2.05, 4.69) is 28.1 Å². The zero-order chi connectivity index (χ0) is 14.4. The van der Waals surface area contributed by atoms with E-state index in [-0.39, 0.29) is 6.10 Å². The summed E-state index contributed by atoms with van der Waals surface area (Å²) in [6.07, 6.45) is 9.51. The molecule has 0 spiro atoms. The Morgan fingerprint density at radius 2 is 2.10 bits per heavy atom. The van der Waals surface area contributed by atoms with E-state index in [1.54, 1.807) is 6.20 Å². The van der Waals surface area contributed by atoms with Crippen LogP contribution in [-0.4, -0.2) is 29.1 Å². The summed E-state index contributed by atoms with van der Waals surface area (Å²) in [5.74, 6) is 1.97. The first-order valence-electron chi connectivity index (χ1n) is 7.59. The zero-order valence-corrected chi connectivity index (χ0v) is 13.6. The molecule has 1 aliphatic carbocycles. The van der Waals surface area contributed by atoms with Gasteiger partial charge in [0, 0.05) is 23.2 Å². The van der Waals surface area contributed by atoms with Gasteiger partial charge in [-0.3, -0.25) is 4.98 Å². The van der Waals surface area contributed by atoms with E-state index >= 15 is 0 Å². The second kappa shape index (κ2) is 7.89. The van der Waals surface area contributed by atoms with Crippen LogP contribution >= 0.6 is 11.8 Å². The average molecular weight is 294 g/mol. The van der Waals surface area contributed by atoms with E-state index in [0.29, 0.717) is 6.04 Å². The first-order valence-corrected chi connectivity index (χ1v) is 8.64. The predicted molar refractivity (Wildman–Crippen MR) is 86.5 cm³/mol.